The Balaban J connectivity index is 3.79. The Morgan fingerprint density at radius 3 is 2.33 bits per heavy atom. The number of rotatable bonds is 5. The molecule has 0 radical (unpaired) electrons. The van der Waals surface area contributed by atoms with Gasteiger partial charge in [-0.05, 0) is 6.92 Å². The van der Waals surface area contributed by atoms with Crippen molar-refractivity contribution >= 4 is 11.9 Å². The van der Waals surface area contributed by atoms with Crippen molar-refractivity contribution in [1.29, 1.82) is 0 Å². The summed E-state index contributed by atoms with van der Waals surface area (Å²) in [6, 6.07) is 0. The lowest BCUT2D eigenvalue weighted by molar-refractivity contribution is -0.117. The molecule has 0 aromatic carbocycles. The Bertz CT molecular complexity index is 170. The predicted molar refractivity (Wildman–Crippen MR) is 44.0 cm³/mol. The summed E-state index contributed by atoms with van der Waals surface area (Å²) >= 11 is 0. The van der Waals surface area contributed by atoms with E-state index in [1.54, 1.807) is 0 Å². The monoisotopic (exact) mass is 174 g/mol. The van der Waals surface area contributed by atoms with Gasteiger partial charge in [-0.25, -0.2) is 4.79 Å². The SMILES string of the molecule is CC(=O)CCN(CCN)C(=O)O. The number of nitrogens with two attached hydrogens (primary N) is 1. The maximum Gasteiger partial charge on any atom is 0.407 e. The summed E-state index contributed by atoms with van der Waals surface area (Å²) in [5.41, 5.74) is 5.18. The Hall–Kier alpha value is -1.10. The number of ketones is 1. The number of carboxylic acid groups (broad SMARTS) is 1. The number of carbonyl (C=O) groups excluding carboxylic acids is 1. The number of nitrogens with zero attached hydrogens (tertiary/aromatic N) is 1. The quantitative estimate of drug-likeness (QED) is 0.609. The highest BCUT2D eigenvalue weighted by Crippen LogP contribution is 1.92. The van der Waals surface area contributed by atoms with Crippen LogP contribution in [0.2, 0.25) is 0 Å². The molecule has 0 fully saturated rings. The van der Waals surface area contributed by atoms with Gasteiger partial charge in [-0.1, -0.05) is 0 Å². The average Bonchev–Trinajstić information content (AvgIpc) is 1.96. The van der Waals surface area contributed by atoms with Crippen molar-refractivity contribution in [2.24, 2.45) is 5.73 Å². The molecule has 0 rings (SSSR count). The van der Waals surface area contributed by atoms with Gasteiger partial charge in [0.1, 0.15) is 5.78 Å². The molecule has 0 aliphatic rings. The normalized spacial score (nSPS) is 9.50. The predicted octanol–water partition coefficient (Wildman–Crippen LogP) is -0.0958. The highest BCUT2D eigenvalue weighted by atomic mass is 16.4. The van der Waals surface area contributed by atoms with Gasteiger partial charge in [0.2, 0.25) is 0 Å². The minimum atomic E-state index is -1.03. The van der Waals surface area contributed by atoms with Crippen LogP contribution in [0.5, 0.6) is 0 Å². The first-order chi connectivity index (χ1) is 5.57. The molecule has 0 saturated carbocycles. The molecule has 70 valence electrons. The fourth-order valence-electron chi connectivity index (χ4n) is 0.751. The molecule has 12 heavy (non-hydrogen) atoms. The van der Waals surface area contributed by atoms with Gasteiger partial charge in [-0.3, -0.25) is 4.79 Å². The van der Waals surface area contributed by atoms with E-state index in [1.165, 1.54) is 6.92 Å². The number of hydrogen-bond acceptors (Lipinski definition) is 3. The topological polar surface area (TPSA) is 83.6 Å². The van der Waals surface area contributed by atoms with Crippen molar-refractivity contribution in [3.05, 3.63) is 0 Å². The van der Waals surface area contributed by atoms with Crippen molar-refractivity contribution in [2.45, 2.75) is 13.3 Å². The molecule has 0 spiro atoms. The summed E-state index contributed by atoms with van der Waals surface area (Å²) in [5.74, 6) is -0.0155. The summed E-state index contributed by atoms with van der Waals surface area (Å²) in [6.07, 6.45) is -0.770. The van der Waals surface area contributed by atoms with Crippen LogP contribution in [0, 0.1) is 0 Å². The third kappa shape index (κ3) is 4.68. The molecule has 0 aromatic heterocycles. The van der Waals surface area contributed by atoms with E-state index < -0.39 is 6.09 Å². The van der Waals surface area contributed by atoms with Gasteiger partial charge < -0.3 is 15.7 Å². The lowest BCUT2D eigenvalue weighted by atomic mass is 10.3. The Labute approximate surface area is 71.1 Å². The molecular formula is C7H14N2O3. The maximum atomic E-state index is 10.5. The second-order valence-corrected chi connectivity index (χ2v) is 2.51. The minimum Gasteiger partial charge on any atom is -0.465 e. The number of amides is 1. The molecule has 0 aliphatic heterocycles. The van der Waals surface area contributed by atoms with Gasteiger partial charge in [0.15, 0.2) is 0 Å². The second kappa shape index (κ2) is 5.54. The molecule has 0 bridgehead atoms. The van der Waals surface area contributed by atoms with Crippen molar-refractivity contribution < 1.29 is 14.7 Å². The first-order valence-electron chi connectivity index (χ1n) is 3.75. The van der Waals surface area contributed by atoms with Crippen LogP contribution in [0.3, 0.4) is 0 Å². The zero-order valence-corrected chi connectivity index (χ0v) is 7.12. The molecule has 0 unspecified atom stereocenters. The largest absolute Gasteiger partial charge is 0.465 e. The van der Waals surface area contributed by atoms with E-state index in [4.69, 9.17) is 10.8 Å². The first-order valence-corrected chi connectivity index (χ1v) is 3.75. The number of carbonyl (C=O) groups is 2. The zero-order chi connectivity index (χ0) is 9.56. The smallest absolute Gasteiger partial charge is 0.407 e. The van der Waals surface area contributed by atoms with Gasteiger partial charge in [0, 0.05) is 26.1 Å². The van der Waals surface area contributed by atoms with Crippen LogP contribution in [0.15, 0.2) is 0 Å². The van der Waals surface area contributed by atoms with Crippen molar-refractivity contribution in [2.75, 3.05) is 19.6 Å². The Morgan fingerprint density at radius 2 is 2.00 bits per heavy atom. The molecular weight excluding hydrogens is 160 g/mol. The molecule has 0 heterocycles. The maximum absolute atomic E-state index is 10.5. The lowest BCUT2D eigenvalue weighted by Gasteiger charge is -2.16. The molecule has 0 atom stereocenters. The zero-order valence-electron chi connectivity index (χ0n) is 7.12. The Kier molecular flexibility index (Phi) is 5.03. The van der Waals surface area contributed by atoms with Crippen molar-refractivity contribution in [3.8, 4) is 0 Å². The third-order valence-electron chi connectivity index (χ3n) is 1.40. The second-order valence-electron chi connectivity index (χ2n) is 2.51. The summed E-state index contributed by atoms with van der Waals surface area (Å²) in [5, 5.41) is 8.58. The number of Topliss-reactive ketones (excluding diaryl/α,β-unsaturated/α-hetero) is 1. The summed E-state index contributed by atoms with van der Waals surface area (Å²) < 4.78 is 0. The van der Waals surface area contributed by atoms with Crippen LogP contribution in [-0.4, -0.2) is 41.5 Å². The lowest BCUT2D eigenvalue weighted by Crippen LogP contribution is -2.35. The van der Waals surface area contributed by atoms with Crippen molar-refractivity contribution in [1.82, 2.24) is 4.90 Å². The van der Waals surface area contributed by atoms with E-state index >= 15 is 0 Å². The third-order valence-corrected chi connectivity index (χ3v) is 1.40. The fraction of sp³-hybridized carbons (Fsp3) is 0.714. The van der Waals surface area contributed by atoms with Crippen LogP contribution >= 0.6 is 0 Å². The molecule has 0 saturated heterocycles. The van der Waals surface area contributed by atoms with Crippen LogP contribution < -0.4 is 5.73 Å². The standard InChI is InChI=1S/C7H14N2O3/c1-6(10)2-4-9(5-3-8)7(11)12/h2-5,8H2,1H3,(H,11,12). The van der Waals surface area contributed by atoms with Gasteiger partial charge in [-0.2, -0.15) is 0 Å². The molecule has 3 N–H and O–H groups in total. The summed E-state index contributed by atoms with van der Waals surface area (Å²) in [6.45, 7) is 2.23. The van der Waals surface area contributed by atoms with Crippen LogP contribution in [0.25, 0.3) is 0 Å². The van der Waals surface area contributed by atoms with E-state index in [0.717, 1.165) is 4.90 Å². The van der Waals surface area contributed by atoms with E-state index in [2.05, 4.69) is 0 Å². The van der Waals surface area contributed by atoms with Gasteiger partial charge in [0.05, 0.1) is 0 Å². The number of hydrogen-bond donors (Lipinski definition) is 2. The molecule has 5 heteroatoms. The van der Waals surface area contributed by atoms with Crippen molar-refractivity contribution in [3.63, 3.8) is 0 Å². The van der Waals surface area contributed by atoms with E-state index in [0.29, 0.717) is 0 Å². The first kappa shape index (κ1) is 10.9. The average molecular weight is 174 g/mol. The van der Waals surface area contributed by atoms with Crippen LogP contribution in [0.4, 0.5) is 4.79 Å². The highest BCUT2D eigenvalue weighted by Gasteiger charge is 2.10. The van der Waals surface area contributed by atoms with Crippen LogP contribution in [-0.2, 0) is 4.79 Å². The molecule has 0 aliphatic carbocycles. The molecule has 5 nitrogen and oxygen atoms in total. The van der Waals surface area contributed by atoms with E-state index in [1.807, 2.05) is 0 Å². The fourth-order valence-corrected chi connectivity index (χ4v) is 0.751. The molecule has 1 amide bonds. The summed E-state index contributed by atoms with van der Waals surface area (Å²) in [7, 11) is 0. The van der Waals surface area contributed by atoms with E-state index in [9.17, 15) is 9.59 Å². The highest BCUT2D eigenvalue weighted by molar-refractivity contribution is 5.76. The summed E-state index contributed by atoms with van der Waals surface area (Å²) in [4.78, 5) is 22.1. The van der Waals surface area contributed by atoms with Gasteiger partial charge in [-0.15, -0.1) is 0 Å². The minimum absolute atomic E-state index is 0.0155. The Morgan fingerprint density at radius 1 is 1.42 bits per heavy atom. The van der Waals surface area contributed by atoms with E-state index in [-0.39, 0.29) is 31.8 Å². The van der Waals surface area contributed by atoms with Crippen LogP contribution in [0.1, 0.15) is 13.3 Å². The molecule has 0 aromatic rings. The van der Waals surface area contributed by atoms with Gasteiger partial charge in [0.25, 0.3) is 0 Å². The van der Waals surface area contributed by atoms with Gasteiger partial charge >= 0.3 is 6.09 Å².